The molecule has 3 heteroatoms. The number of hydrogen-bond donors (Lipinski definition) is 1. The van der Waals surface area contributed by atoms with Crippen LogP contribution in [0, 0.1) is 0 Å². The largest absolute Gasteiger partial charge is 0.391 e. The fourth-order valence-electron chi connectivity index (χ4n) is 2.77. The van der Waals surface area contributed by atoms with E-state index in [0.29, 0.717) is 12.1 Å². The lowest BCUT2D eigenvalue weighted by Gasteiger charge is -2.35. The maximum atomic E-state index is 9.91. The summed E-state index contributed by atoms with van der Waals surface area (Å²) in [6.45, 7) is 2.11. The van der Waals surface area contributed by atoms with Gasteiger partial charge in [0.15, 0.2) is 0 Å². The molecule has 0 amide bonds. The standard InChI is InChI=1S/C11H21NO2/c1-14-9-6-7-12(8-9)10-4-2-3-5-11(10)13/h9-11,13H,2-8H2,1H3. The molecule has 3 atom stereocenters. The van der Waals surface area contributed by atoms with Gasteiger partial charge in [0.05, 0.1) is 12.2 Å². The molecule has 3 nitrogen and oxygen atoms in total. The summed E-state index contributed by atoms with van der Waals surface area (Å²) in [5, 5.41) is 9.91. The Kier molecular flexibility index (Phi) is 3.42. The molecular weight excluding hydrogens is 178 g/mol. The summed E-state index contributed by atoms with van der Waals surface area (Å²) in [6.07, 6.45) is 6.04. The molecular formula is C11H21NO2. The van der Waals surface area contributed by atoms with Gasteiger partial charge in [-0.15, -0.1) is 0 Å². The lowest BCUT2D eigenvalue weighted by Crippen LogP contribution is -2.44. The molecule has 1 heterocycles. The number of hydrogen-bond acceptors (Lipinski definition) is 3. The minimum Gasteiger partial charge on any atom is -0.391 e. The molecule has 1 aliphatic heterocycles. The molecule has 1 saturated carbocycles. The second-order valence-electron chi connectivity index (χ2n) is 4.56. The molecule has 14 heavy (non-hydrogen) atoms. The maximum absolute atomic E-state index is 9.91. The van der Waals surface area contributed by atoms with Gasteiger partial charge in [-0.2, -0.15) is 0 Å². The third-order valence-corrected chi connectivity index (χ3v) is 3.67. The van der Waals surface area contributed by atoms with E-state index in [1.807, 2.05) is 0 Å². The van der Waals surface area contributed by atoms with Crippen LogP contribution in [0.15, 0.2) is 0 Å². The average molecular weight is 199 g/mol. The van der Waals surface area contributed by atoms with E-state index in [-0.39, 0.29) is 6.10 Å². The molecule has 0 spiro atoms. The Morgan fingerprint density at radius 3 is 2.64 bits per heavy atom. The molecule has 0 aromatic heterocycles. The van der Waals surface area contributed by atoms with E-state index in [2.05, 4.69) is 4.90 Å². The van der Waals surface area contributed by atoms with Gasteiger partial charge < -0.3 is 9.84 Å². The molecule has 1 N–H and O–H groups in total. The summed E-state index contributed by atoms with van der Waals surface area (Å²) >= 11 is 0. The average Bonchev–Trinajstić information content (AvgIpc) is 2.67. The Morgan fingerprint density at radius 2 is 2.00 bits per heavy atom. The van der Waals surface area contributed by atoms with Crippen molar-refractivity contribution in [3.05, 3.63) is 0 Å². The maximum Gasteiger partial charge on any atom is 0.0710 e. The van der Waals surface area contributed by atoms with Crippen molar-refractivity contribution in [1.82, 2.24) is 4.90 Å². The van der Waals surface area contributed by atoms with E-state index in [1.165, 1.54) is 12.8 Å². The first-order chi connectivity index (χ1) is 6.81. The Balaban J connectivity index is 1.88. The molecule has 2 rings (SSSR count). The summed E-state index contributed by atoms with van der Waals surface area (Å²) in [5.74, 6) is 0. The third kappa shape index (κ3) is 2.10. The zero-order valence-corrected chi connectivity index (χ0v) is 8.98. The predicted molar refractivity (Wildman–Crippen MR) is 55.2 cm³/mol. The number of rotatable bonds is 2. The minimum absolute atomic E-state index is 0.0978. The minimum atomic E-state index is -0.0978. The lowest BCUT2D eigenvalue weighted by molar-refractivity contribution is 0.0212. The van der Waals surface area contributed by atoms with Crippen LogP contribution >= 0.6 is 0 Å². The van der Waals surface area contributed by atoms with Gasteiger partial charge in [0.25, 0.3) is 0 Å². The predicted octanol–water partition coefficient (Wildman–Crippen LogP) is 1.01. The van der Waals surface area contributed by atoms with E-state index in [9.17, 15) is 5.11 Å². The third-order valence-electron chi connectivity index (χ3n) is 3.67. The molecule has 82 valence electrons. The van der Waals surface area contributed by atoms with Crippen LogP contribution in [0.4, 0.5) is 0 Å². The zero-order chi connectivity index (χ0) is 9.97. The first-order valence-corrected chi connectivity index (χ1v) is 5.76. The van der Waals surface area contributed by atoms with Crippen LogP contribution in [-0.2, 0) is 4.74 Å². The summed E-state index contributed by atoms with van der Waals surface area (Å²) < 4.78 is 5.34. The fraction of sp³-hybridized carbons (Fsp3) is 1.00. The molecule has 2 fully saturated rings. The lowest BCUT2D eigenvalue weighted by atomic mass is 9.91. The highest BCUT2D eigenvalue weighted by Gasteiger charge is 2.33. The Hall–Kier alpha value is -0.120. The van der Waals surface area contributed by atoms with Crippen molar-refractivity contribution in [2.75, 3.05) is 20.2 Å². The number of ether oxygens (including phenoxy) is 1. The van der Waals surface area contributed by atoms with Gasteiger partial charge in [-0.25, -0.2) is 0 Å². The second kappa shape index (κ2) is 4.60. The van der Waals surface area contributed by atoms with E-state index in [4.69, 9.17) is 4.74 Å². The van der Waals surface area contributed by atoms with Crippen molar-refractivity contribution in [3.8, 4) is 0 Å². The van der Waals surface area contributed by atoms with Crippen LogP contribution in [0.1, 0.15) is 32.1 Å². The zero-order valence-electron chi connectivity index (χ0n) is 8.98. The molecule has 0 aromatic rings. The van der Waals surface area contributed by atoms with Gasteiger partial charge in [0, 0.05) is 26.2 Å². The van der Waals surface area contributed by atoms with Crippen LogP contribution in [0.25, 0.3) is 0 Å². The van der Waals surface area contributed by atoms with Crippen molar-refractivity contribution >= 4 is 0 Å². The van der Waals surface area contributed by atoms with Gasteiger partial charge in [-0.1, -0.05) is 12.8 Å². The smallest absolute Gasteiger partial charge is 0.0710 e. The van der Waals surface area contributed by atoms with Crippen molar-refractivity contribution in [1.29, 1.82) is 0 Å². The summed E-state index contributed by atoms with van der Waals surface area (Å²) in [5.41, 5.74) is 0. The van der Waals surface area contributed by atoms with Gasteiger partial charge in [-0.05, 0) is 19.3 Å². The normalized spacial score (nSPS) is 40.3. The van der Waals surface area contributed by atoms with Crippen molar-refractivity contribution < 1.29 is 9.84 Å². The Bertz CT molecular complexity index is 186. The van der Waals surface area contributed by atoms with E-state index in [0.717, 1.165) is 32.4 Å². The van der Waals surface area contributed by atoms with Crippen molar-refractivity contribution in [2.45, 2.75) is 50.4 Å². The highest BCUT2D eigenvalue weighted by molar-refractivity contribution is 4.88. The first-order valence-electron chi connectivity index (χ1n) is 5.76. The Labute approximate surface area is 86.0 Å². The van der Waals surface area contributed by atoms with Crippen LogP contribution < -0.4 is 0 Å². The highest BCUT2D eigenvalue weighted by Crippen LogP contribution is 2.26. The monoisotopic (exact) mass is 199 g/mol. The van der Waals surface area contributed by atoms with Crippen molar-refractivity contribution in [3.63, 3.8) is 0 Å². The Morgan fingerprint density at radius 1 is 1.21 bits per heavy atom. The van der Waals surface area contributed by atoms with Crippen LogP contribution in [0.3, 0.4) is 0 Å². The SMILES string of the molecule is COC1CCN(C2CCCCC2O)C1. The molecule has 3 unspecified atom stereocenters. The summed E-state index contributed by atoms with van der Waals surface area (Å²) in [4.78, 5) is 2.41. The van der Waals surface area contributed by atoms with E-state index >= 15 is 0 Å². The van der Waals surface area contributed by atoms with E-state index < -0.39 is 0 Å². The van der Waals surface area contributed by atoms with E-state index in [1.54, 1.807) is 7.11 Å². The molecule has 0 aromatic carbocycles. The number of aliphatic hydroxyl groups is 1. The molecule has 1 saturated heterocycles. The number of aliphatic hydroxyl groups excluding tert-OH is 1. The number of methoxy groups -OCH3 is 1. The summed E-state index contributed by atoms with van der Waals surface area (Å²) in [6, 6.07) is 0.406. The molecule has 1 aliphatic carbocycles. The fourth-order valence-corrected chi connectivity index (χ4v) is 2.77. The number of nitrogens with zero attached hydrogens (tertiary/aromatic N) is 1. The summed E-state index contributed by atoms with van der Waals surface area (Å²) in [7, 11) is 1.78. The van der Waals surface area contributed by atoms with Crippen LogP contribution in [-0.4, -0.2) is 48.5 Å². The first kappa shape index (κ1) is 10.4. The highest BCUT2D eigenvalue weighted by atomic mass is 16.5. The number of likely N-dealkylation sites (tertiary alicyclic amines) is 1. The molecule has 2 aliphatic rings. The van der Waals surface area contributed by atoms with Crippen molar-refractivity contribution in [2.24, 2.45) is 0 Å². The topological polar surface area (TPSA) is 32.7 Å². The molecule has 0 radical (unpaired) electrons. The quantitative estimate of drug-likeness (QED) is 0.720. The van der Waals surface area contributed by atoms with Crippen LogP contribution in [0.5, 0.6) is 0 Å². The molecule has 0 bridgehead atoms. The van der Waals surface area contributed by atoms with Gasteiger partial charge in [0.1, 0.15) is 0 Å². The van der Waals surface area contributed by atoms with Gasteiger partial charge in [-0.3, -0.25) is 4.90 Å². The second-order valence-corrected chi connectivity index (χ2v) is 4.56. The van der Waals surface area contributed by atoms with Crippen LogP contribution in [0.2, 0.25) is 0 Å². The van der Waals surface area contributed by atoms with Gasteiger partial charge >= 0.3 is 0 Å². The van der Waals surface area contributed by atoms with Gasteiger partial charge in [0.2, 0.25) is 0 Å².